The number of carbonyl (C=O) groups excluding carboxylic acids is 4. The van der Waals surface area contributed by atoms with Crippen LogP contribution in [0.4, 0.5) is 28.8 Å². The second-order valence-corrected chi connectivity index (χ2v) is 24.7. The van der Waals surface area contributed by atoms with Crippen molar-refractivity contribution in [2.75, 3.05) is 61.3 Å². The molecule has 5 aromatic rings. The Morgan fingerprint density at radius 1 is 0.818 bits per heavy atom. The number of thiazole rings is 1. The van der Waals surface area contributed by atoms with E-state index in [1.54, 1.807) is 62.6 Å². The minimum absolute atomic E-state index is 0.00869. The van der Waals surface area contributed by atoms with E-state index in [0.29, 0.717) is 37.0 Å². The average molecular weight is 1090 g/mol. The van der Waals surface area contributed by atoms with E-state index in [1.807, 2.05) is 88.7 Å². The minimum atomic E-state index is -3.72. The molecule has 21 heteroatoms. The van der Waals surface area contributed by atoms with Crippen molar-refractivity contribution in [2.45, 2.75) is 129 Å². The predicted octanol–water partition coefficient (Wildman–Crippen LogP) is 6.78. The lowest BCUT2D eigenvalue weighted by atomic mass is 9.85. The molecule has 0 saturated carbocycles. The van der Waals surface area contributed by atoms with E-state index < -0.39 is 45.1 Å². The lowest BCUT2D eigenvalue weighted by Crippen LogP contribution is -2.57. The molecule has 0 bridgehead atoms. The fourth-order valence-electron chi connectivity index (χ4n) is 9.28. The Hall–Kier alpha value is -6.52. The van der Waals surface area contributed by atoms with Gasteiger partial charge in [-0.25, -0.2) is 23.1 Å². The van der Waals surface area contributed by atoms with Crippen LogP contribution in [0.5, 0.6) is 0 Å². The van der Waals surface area contributed by atoms with Gasteiger partial charge in [-0.15, -0.1) is 11.3 Å². The smallest absolute Gasteiger partial charge is 0.246 e. The Morgan fingerprint density at radius 2 is 1.53 bits per heavy atom. The molecular weight excluding hydrogens is 1020 g/mol. The Morgan fingerprint density at radius 3 is 2.21 bits per heavy atom. The molecule has 3 atom stereocenters. The quantitative estimate of drug-likeness (QED) is 0.0354. The van der Waals surface area contributed by atoms with E-state index in [9.17, 15) is 32.7 Å². The van der Waals surface area contributed by atoms with Gasteiger partial charge >= 0.3 is 0 Å². The highest BCUT2D eigenvalue weighted by Crippen LogP contribution is 2.30. The van der Waals surface area contributed by atoms with Crippen LogP contribution >= 0.6 is 11.3 Å². The molecule has 4 heterocycles. The average Bonchev–Trinajstić information content (AvgIpc) is 4.00. The molecule has 2 aliphatic rings. The van der Waals surface area contributed by atoms with Crippen molar-refractivity contribution in [2.24, 2.45) is 5.41 Å². The first-order chi connectivity index (χ1) is 36.5. The molecule has 7 rings (SSSR count). The summed E-state index contributed by atoms with van der Waals surface area (Å²) in [7, 11) is -3.72. The zero-order valence-corrected chi connectivity index (χ0v) is 47.2. The van der Waals surface area contributed by atoms with Gasteiger partial charge < -0.3 is 41.5 Å². The van der Waals surface area contributed by atoms with Crippen LogP contribution in [0.2, 0.25) is 0 Å². The van der Waals surface area contributed by atoms with Gasteiger partial charge in [0.15, 0.2) is 0 Å². The van der Waals surface area contributed by atoms with E-state index in [0.717, 1.165) is 84.1 Å². The van der Waals surface area contributed by atoms with Crippen molar-refractivity contribution in [3.8, 4) is 10.4 Å². The van der Waals surface area contributed by atoms with Gasteiger partial charge in [0.25, 0.3) is 0 Å². The molecule has 0 unspecified atom stereocenters. The number of aliphatic hydroxyl groups is 1. The standard InChI is InChI=1S/C56H76N12O7S2/c1-37-32-59-54(64-51(37)61-42-14-13-15-45(30-42)77(74,75)65-56(6,7)8)62-41-21-23-43(24-22-41)67-28-26-66(27-29-67)35-48(71)57-25-12-10-9-11-16-47(70)63-50(55(3,4)5)53(73)68-34-44(69)31-46(68)52(72)58-33-39-17-19-40(20-18-39)49-38(2)60-36-76-49/h13-15,17-24,30,32,36,44,46,50,65,69H,9-12,16,25-29,31,33-35H2,1-8H3,(H,57,71)(H,58,72)(H,63,70)(H2,59,61,62,64)/t44-,46+,50-/m1/s1. The van der Waals surface area contributed by atoms with E-state index >= 15 is 0 Å². The van der Waals surface area contributed by atoms with Crippen molar-refractivity contribution in [3.05, 3.63) is 101 Å². The molecule has 414 valence electrons. The molecule has 2 saturated heterocycles. The summed E-state index contributed by atoms with van der Waals surface area (Å²) in [5.74, 6) is -0.0816. The van der Waals surface area contributed by atoms with Crippen LogP contribution in [0.3, 0.4) is 0 Å². The summed E-state index contributed by atoms with van der Waals surface area (Å²) in [6.45, 7) is 19.0. The molecule has 0 aliphatic carbocycles. The molecule has 3 aromatic carbocycles. The van der Waals surface area contributed by atoms with Crippen molar-refractivity contribution < 1.29 is 32.7 Å². The third kappa shape index (κ3) is 16.7. The molecule has 2 fully saturated rings. The van der Waals surface area contributed by atoms with Gasteiger partial charge in [-0.05, 0) is 106 Å². The molecule has 2 aliphatic heterocycles. The summed E-state index contributed by atoms with van der Waals surface area (Å²) >= 11 is 1.58. The van der Waals surface area contributed by atoms with Crippen molar-refractivity contribution in [1.29, 1.82) is 0 Å². The fourth-order valence-corrected chi connectivity index (χ4v) is 11.6. The number of rotatable bonds is 22. The number of aryl methyl sites for hydroxylation is 2. The van der Waals surface area contributed by atoms with Crippen LogP contribution < -0.4 is 36.2 Å². The first-order valence-corrected chi connectivity index (χ1v) is 28.8. The van der Waals surface area contributed by atoms with Gasteiger partial charge in [0.1, 0.15) is 17.9 Å². The van der Waals surface area contributed by atoms with Gasteiger partial charge in [-0.3, -0.25) is 24.1 Å². The third-order valence-corrected chi connectivity index (χ3v) is 16.1. The molecule has 4 amide bonds. The second kappa shape index (κ2) is 25.8. The number of piperazine rings is 1. The summed E-state index contributed by atoms with van der Waals surface area (Å²) in [6, 6.07) is 20.8. The van der Waals surface area contributed by atoms with Crippen LogP contribution in [0.1, 0.15) is 96.9 Å². The molecule has 7 N–H and O–H groups in total. The second-order valence-electron chi connectivity index (χ2n) is 22.1. The molecule has 2 aromatic heterocycles. The van der Waals surface area contributed by atoms with Gasteiger partial charge in [0.2, 0.25) is 39.6 Å². The summed E-state index contributed by atoms with van der Waals surface area (Å²) in [5, 5.41) is 26.0. The monoisotopic (exact) mass is 1090 g/mol. The van der Waals surface area contributed by atoms with Crippen molar-refractivity contribution >= 4 is 73.8 Å². The Kier molecular flexibility index (Phi) is 19.5. The zero-order chi connectivity index (χ0) is 55.5. The summed E-state index contributed by atoms with van der Waals surface area (Å²) < 4.78 is 28.6. The number of aliphatic hydroxyl groups excluding tert-OH is 1. The van der Waals surface area contributed by atoms with Gasteiger partial charge in [-0.1, -0.05) is 63.9 Å². The molecule has 0 radical (unpaired) electrons. The number of carbonyl (C=O) groups is 4. The highest BCUT2D eigenvalue weighted by molar-refractivity contribution is 7.89. The number of unbranched alkanes of at least 4 members (excludes halogenated alkanes) is 3. The summed E-state index contributed by atoms with van der Waals surface area (Å²) in [6.07, 6.45) is 4.22. The molecule has 77 heavy (non-hydrogen) atoms. The van der Waals surface area contributed by atoms with Gasteiger partial charge in [0, 0.05) is 93.0 Å². The first-order valence-electron chi connectivity index (χ1n) is 26.4. The Labute approximate surface area is 457 Å². The van der Waals surface area contributed by atoms with E-state index in [-0.39, 0.29) is 48.5 Å². The number of hydrogen-bond donors (Lipinski definition) is 7. The first kappa shape index (κ1) is 58.2. The maximum atomic E-state index is 14.0. The molecule has 19 nitrogen and oxygen atoms in total. The van der Waals surface area contributed by atoms with Gasteiger partial charge in [0.05, 0.1) is 33.6 Å². The largest absolute Gasteiger partial charge is 0.391 e. The zero-order valence-electron chi connectivity index (χ0n) is 45.6. The maximum Gasteiger partial charge on any atom is 0.246 e. The van der Waals surface area contributed by atoms with E-state index in [1.165, 1.54) is 4.90 Å². The van der Waals surface area contributed by atoms with Crippen LogP contribution in [-0.2, 0) is 35.7 Å². The van der Waals surface area contributed by atoms with Crippen LogP contribution in [0.25, 0.3) is 10.4 Å². The highest BCUT2D eigenvalue weighted by atomic mass is 32.2. The number of anilines is 5. The number of sulfonamides is 1. The van der Waals surface area contributed by atoms with E-state index in [2.05, 4.69) is 56.1 Å². The Balaban J connectivity index is 0.770. The lowest BCUT2D eigenvalue weighted by Gasteiger charge is -2.35. The van der Waals surface area contributed by atoms with Crippen molar-refractivity contribution in [1.82, 2.24) is 45.4 Å². The SMILES string of the molecule is Cc1cnc(Nc2ccc(N3CCN(CC(=O)NCCCCCCC(=O)N[C@H](C(=O)N4C[C@H](O)C[C@H]4C(=O)NCc4ccc(-c5scnc5C)cc4)C(C)(C)C)CC3)cc2)nc1Nc1cccc(S(=O)(=O)NC(C)(C)C)c1. The van der Waals surface area contributed by atoms with Crippen LogP contribution in [0, 0.1) is 19.3 Å². The van der Waals surface area contributed by atoms with Crippen LogP contribution in [-0.4, -0.2) is 131 Å². The number of hydrogen-bond acceptors (Lipinski definition) is 15. The van der Waals surface area contributed by atoms with Crippen molar-refractivity contribution in [3.63, 3.8) is 0 Å². The number of likely N-dealkylation sites (tertiary alicyclic amines) is 1. The number of amides is 4. The Bertz CT molecular complexity index is 2930. The maximum absolute atomic E-state index is 14.0. The summed E-state index contributed by atoms with van der Waals surface area (Å²) in [5.41, 5.74) is 6.70. The van der Waals surface area contributed by atoms with Gasteiger partial charge in [-0.2, -0.15) is 4.98 Å². The third-order valence-electron chi connectivity index (χ3n) is 13.4. The number of β-amino-alcohol motifs (C(OH)–C–C–N with tert-alkyl or cyclic N) is 1. The number of nitrogens with zero attached hydrogens (tertiary/aromatic N) is 6. The fraction of sp³-hybridized carbons (Fsp3) is 0.482. The predicted molar refractivity (Wildman–Crippen MR) is 303 cm³/mol. The lowest BCUT2D eigenvalue weighted by molar-refractivity contribution is -0.144. The highest BCUT2D eigenvalue weighted by Gasteiger charge is 2.44. The number of nitrogens with one attached hydrogen (secondary N) is 6. The minimum Gasteiger partial charge on any atom is -0.391 e. The number of aromatic nitrogens is 3. The van der Waals surface area contributed by atoms with Crippen LogP contribution in [0.15, 0.2) is 89.4 Å². The molecular formula is C56H76N12O7S2. The molecule has 0 spiro atoms. The number of benzene rings is 3. The normalized spacial score (nSPS) is 16.7. The topological polar surface area (TPSA) is 243 Å². The summed E-state index contributed by atoms with van der Waals surface area (Å²) in [4.78, 5) is 74.2. The van der Waals surface area contributed by atoms with E-state index in [4.69, 9.17) is 0 Å².